The summed E-state index contributed by atoms with van der Waals surface area (Å²) in [6.07, 6.45) is 2.43. The molecule has 2 aromatic carbocycles. The Morgan fingerprint density at radius 2 is 1.80 bits per heavy atom. The van der Waals surface area contributed by atoms with Gasteiger partial charge in [0.15, 0.2) is 0 Å². The molecule has 0 unspecified atom stereocenters. The van der Waals surface area contributed by atoms with Crippen molar-refractivity contribution in [3.63, 3.8) is 0 Å². The van der Waals surface area contributed by atoms with Gasteiger partial charge in [-0.05, 0) is 6.92 Å². The normalized spacial score (nSPS) is 20.5. The molecule has 0 saturated carbocycles. The molecule has 1 aromatic heterocycles. The predicted molar refractivity (Wildman–Crippen MR) is 159 cm³/mol. The number of amides is 2. The summed E-state index contributed by atoms with van der Waals surface area (Å²) in [4.78, 5) is 44.8. The molecule has 218 valence electrons. The van der Waals surface area contributed by atoms with E-state index in [1.54, 1.807) is 17.8 Å². The number of aryl methyl sites for hydroxylation is 4. The van der Waals surface area contributed by atoms with E-state index in [9.17, 15) is 19.5 Å². The second-order valence-corrected chi connectivity index (χ2v) is 18.5. The van der Waals surface area contributed by atoms with Gasteiger partial charge in [0.2, 0.25) is 0 Å². The summed E-state index contributed by atoms with van der Waals surface area (Å²) in [5, 5.41) is 12.4. The van der Waals surface area contributed by atoms with Crippen molar-refractivity contribution in [1.82, 2.24) is 19.8 Å². The number of carboxylic acid groups (broad SMARTS) is 1. The van der Waals surface area contributed by atoms with Gasteiger partial charge in [0.1, 0.15) is 0 Å². The summed E-state index contributed by atoms with van der Waals surface area (Å²) >= 11 is -1.71. The second kappa shape index (κ2) is 10.5. The number of rotatable bonds is 7. The molecule has 3 aromatic rings. The first-order chi connectivity index (χ1) is 19.2. The first-order valence-corrected chi connectivity index (χ1v) is 17.1. The third kappa shape index (κ3) is 5.24. The Bertz CT molecular complexity index is 1560. The van der Waals surface area contributed by atoms with Gasteiger partial charge in [0.05, 0.1) is 0 Å². The number of halogens is 3. The van der Waals surface area contributed by atoms with E-state index in [1.165, 1.54) is 17.3 Å². The molecule has 0 bridgehead atoms. The van der Waals surface area contributed by atoms with Crippen LogP contribution in [0.15, 0.2) is 36.8 Å². The van der Waals surface area contributed by atoms with Crippen LogP contribution in [0.1, 0.15) is 59.1 Å². The molecule has 11 heteroatoms. The Hall–Kier alpha value is -3.35. The quantitative estimate of drug-likeness (QED) is 0.206. The molecule has 2 N–H and O–H groups in total. The number of hydrogen-bond donors (Lipinski definition) is 2. The van der Waals surface area contributed by atoms with Gasteiger partial charge in [-0.1, -0.05) is 0 Å². The predicted octanol–water partition coefficient (Wildman–Crippen LogP) is 5.07. The first-order valence-electron chi connectivity index (χ1n) is 13.2. The Kier molecular flexibility index (Phi) is 7.46. The van der Waals surface area contributed by atoms with Gasteiger partial charge in [-0.25, -0.2) is 0 Å². The topological polar surface area (TPSA) is 105 Å². The summed E-state index contributed by atoms with van der Waals surface area (Å²) in [7, 11) is 1.74. The van der Waals surface area contributed by atoms with E-state index >= 15 is 8.78 Å². The third-order valence-electron chi connectivity index (χ3n) is 7.93. The van der Waals surface area contributed by atoms with E-state index in [1.807, 2.05) is 32.9 Å². The van der Waals surface area contributed by atoms with Crippen molar-refractivity contribution in [3.8, 4) is 11.1 Å². The summed E-state index contributed by atoms with van der Waals surface area (Å²) in [6.45, 7) is 9.87. The Labute approximate surface area is 244 Å². The summed E-state index contributed by atoms with van der Waals surface area (Å²) in [5.41, 5.74) is 3.82. The van der Waals surface area contributed by atoms with Crippen LogP contribution in [0.5, 0.6) is 0 Å². The zero-order valence-electron chi connectivity index (χ0n) is 23.8. The molecule has 2 saturated heterocycles. The van der Waals surface area contributed by atoms with Crippen LogP contribution in [0.4, 0.5) is 8.78 Å². The van der Waals surface area contributed by atoms with Crippen molar-refractivity contribution in [2.45, 2.75) is 60.5 Å². The number of aliphatic carboxylic acids is 1. The fraction of sp³-hybridized carbons (Fsp3) is 0.400. The molecular weight excluding hydrogens is 645 g/mol. The van der Waals surface area contributed by atoms with Crippen LogP contribution in [-0.2, 0) is 16.6 Å². The van der Waals surface area contributed by atoms with Crippen LogP contribution in [-0.4, -0.2) is 55.3 Å². The Balaban J connectivity index is 1.51. The first kappa shape index (κ1) is 29.2. The summed E-state index contributed by atoms with van der Waals surface area (Å²) in [6, 6.07) is 4.20. The maximum absolute atomic E-state index is 15.3. The van der Waals surface area contributed by atoms with Crippen LogP contribution < -0.4 is 5.32 Å². The summed E-state index contributed by atoms with van der Waals surface area (Å²) in [5.74, 6) is -4.56. The molecule has 0 aliphatic carbocycles. The number of alkyl halides is 3. The van der Waals surface area contributed by atoms with Crippen LogP contribution >= 0.6 is 19.8 Å². The number of nitrogens with zero attached hydrogens (tertiary/aromatic N) is 3. The van der Waals surface area contributed by atoms with E-state index in [0.29, 0.717) is 15.7 Å². The standard InChI is InChI=1S/C30H33F2IN4O4/c1-15-7-16(2)24(17(3)8-15)18-9-19(25(32)20(31)10-18)21(11-23(38)39)35-28(40)26-27-30(4,5)33(27)13-37(26)29(41)22-12-36(6)14-34-22/h7-10,12,14,21,26-27H,11,13H2,1-6H3,(H,35,40)(H,38,39)/t21-,26-,27-/m0/s1. The molecule has 3 heterocycles. The minimum atomic E-state index is -1.71. The van der Waals surface area contributed by atoms with E-state index in [4.69, 9.17) is 0 Å². The number of hydrogen-bond acceptors (Lipinski definition) is 4. The second-order valence-electron chi connectivity index (χ2n) is 11.4. The molecule has 2 amide bonds. The molecule has 2 aliphatic heterocycles. The van der Waals surface area contributed by atoms with Gasteiger partial charge in [0, 0.05) is 0 Å². The van der Waals surface area contributed by atoms with Gasteiger partial charge >= 0.3 is 238 Å². The van der Waals surface area contributed by atoms with Crippen molar-refractivity contribution in [3.05, 3.63) is 76.4 Å². The zero-order valence-corrected chi connectivity index (χ0v) is 25.9. The number of fused-ring (bicyclic) bond motifs is 1. The maximum atomic E-state index is 15.3. The fourth-order valence-electron chi connectivity index (χ4n) is 6.06. The van der Waals surface area contributed by atoms with Gasteiger partial charge < -0.3 is 0 Å². The molecule has 5 rings (SSSR count). The number of nitrogens with one attached hydrogen (secondary N) is 1. The van der Waals surface area contributed by atoms with Crippen molar-refractivity contribution in [1.29, 1.82) is 0 Å². The molecular formula is C30H33F2IN4O4. The minimum absolute atomic E-state index is 0.00406. The number of carbonyl (C=O) groups excluding carboxylic acids is 2. The van der Waals surface area contributed by atoms with Crippen LogP contribution in [0.3, 0.4) is 0 Å². The molecule has 3 atom stereocenters. The molecule has 41 heavy (non-hydrogen) atoms. The number of imidazole rings is 1. The molecule has 8 nitrogen and oxygen atoms in total. The summed E-state index contributed by atoms with van der Waals surface area (Å²) < 4.78 is 32.5. The Morgan fingerprint density at radius 3 is 2.39 bits per heavy atom. The van der Waals surface area contributed by atoms with Crippen LogP contribution in [0.2, 0.25) is 0 Å². The third-order valence-corrected chi connectivity index (χ3v) is 16.8. The van der Waals surface area contributed by atoms with Crippen molar-refractivity contribution in [2.24, 2.45) is 7.05 Å². The monoisotopic (exact) mass is 678 g/mol. The average molecular weight is 679 g/mol. The van der Waals surface area contributed by atoms with Crippen molar-refractivity contribution in [2.75, 3.05) is 4.55 Å². The van der Waals surface area contributed by atoms with E-state index in [2.05, 4.69) is 24.1 Å². The fourth-order valence-corrected chi connectivity index (χ4v) is 14.7. The van der Waals surface area contributed by atoms with Crippen molar-refractivity contribution >= 4 is 37.6 Å². The van der Waals surface area contributed by atoms with Crippen LogP contribution in [0.25, 0.3) is 11.1 Å². The zero-order chi connectivity index (χ0) is 30.0. The molecule has 2 fully saturated rings. The van der Waals surface area contributed by atoms with E-state index < -0.39 is 61.8 Å². The number of benzene rings is 2. The molecule has 0 radical (unpaired) electrons. The van der Waals surface area contributed by atoms with Gasteiger partial charge in [0.25, 0.3) is 0 Å². The van der Waals surface area contributed by atoms with Crippen molar-refractivity contribution < 1.29 is 28.3 Å². The van der Waals surface area contributed by atoms with Crippen LogP contribution in [0, 0.1) is 32.4 Å². The van der Waals surface area contributed by atoms with Gasteiger partial charge in [-0.2, -0.15) is 0 Å². The molecule has 0 spiro atoms. The SMILES string of the molecule is Cc1cc(C)c(-c2cc(F)c(F)c([C@H](CC(=O)O)NC(=O)[C@@H]3[C@@H]4I(CN3C(=O)c3cn(C)cn3)C4(C)C)c2)c(C)c1. The van der Waals surface area contributed by atoms with E-state index in [-0.39, 0.29) is 24.5 Å². The number of carbonyl (C=O) groups is 3. The van der Waals surface area contributed by atoms with E-state index in [0.717, 1.165) is 22.8 Å². The average Bonchev–Trinajstić information content (AvgIpc) is 3.24. The number of carboxylic acids is 1. The Morgan fingerprint density at radius 1 is 1.15 bits per heavy atom. The van der Waals surface area contributed by atoms with Gasteiger partial charge in [-0.15, -0.1) is 0 Å². The number of aromatic nitrogens is 2. The van der Waals surface area contributed by atoms with Gasteiger partial charge in [-0.3, -0.25) is 0 Å². The molecule has 2 aliphatic rings.